The van der Waals surface area contributed by atoms with E-state index in [1.165, 1.54) is 19.3 Å². The zero-order valence-corrected chi connectivity index (χ0v) is 13.3. The van der Waals surface area contributed by atoms with Crippen LogP contribution in [0.25, 0.3) is 11.0 Å². The number of fused-ring (bicyclic) bond motifs is 1. The van der Waals surface area contributed by atoms with Crippen molar-refractivity contribution in [2.24, 2.45) is 5.73 Å². The van der Waals surface area contributed by atoms with Crippen LogP contribution < -0.4 is 16.4 Å². The Morgan fingerprint density at radius 1 is 0.818 bits per heavy atom. The highest BCUT2D eigenvalue weighted by molar-refractivity contribution is 5.72. The molecule has 6 heteroatoms. The number of benzene rings is 1. The van der Waals surface area contributed by atoms with Crippen molar-refractivity contribution in [1.29, 1.82) is 0 Å². The first kappa shape index (κ1) is 16.9. The molecule has 0 saturated carbocycles. The molecule has 0 aliphatic carbocycles. The summed E-state index contributed by atoms with van der Waals surface area (Å²) in [6.45, 7) is 5.62. The molecule has 1 heterocycles. The van der Waals surface area contributed by atoms with E-state index in [2.05, 4.69) is 20.8 Å². The first-order valence-electron chi connectivity index (χ1n) is 8.31. The summed E-state index contributed by atoms with van der Waals surface area (Å²) in [7, 11) is 0. The maximum Gasteiger partial charge on any atom is 0.113 e. The standard InChI is InChI=1S/C16H28N6/c17-9-11-19-13-12-18-10-5-1-2-6-14-22-20-15-7-3-4-8-16(15)21-22/h3-4,7-8,18-19H,1-2,5-6,9-14,17H2. The number of hydrogen-bond donors (Lipinski definition) is 3. The summed E-state index contributed by atoms with van der Waals surface area (Å²) in [5.41, 5.74) is 7.37. The highest BCUT2D eigenvalue weighted by Gasteiger charge is 2.00. The van der Waals surface area contributed by atoms with Crippen LogP contribution in [-0.2, 0) is 6.54 Å². The summed E-state index contributed by atoms with van der Waals surface area (Å²) in [4.78, 5) is 1.83. The molecular formula is C16H28N6. The second-order valence-corrected chi connectivity index (χ2v) is 5.49. The minimum Gasteiger partial charge on any atom is -0.329 e. The minimum atomic E-state index is 0.709. The molecule has 0 fully saturated rings. The van der Waals surface area contributed by atoms with Gasteiger partial charge < -0.3 is 16.4 Å². The van der Waals surface area contributed by atoms with Gasteiger partial charge in [0.1, 0.15) is 11.0 Å². The third-order valence-corrected chi connectivity index (χ3v) is 3.59. The lowest BCUT2D eigenvalue weighted by Crippen LogP contribution is -2.31. The third-order valence-electron chi connectivity index (χ3n) is 3.59. The van der Waals surface area contributed by atoms with Gasteiger partial charge in [0.25, 0.3) is 0 Å². The van der Waals surface area contributed by atoms with Gasteiger partial charge in [-0.05, 0) is 31.5 Å². The van der Waals surface area contributed by atoms with Crippen molar-refractivity contribution < 1.29 is 0 Å². The van der Waals surface area contributed by atoms with Gasteiger partial charge in [-0.25, -0.2) is 0 Å². The summed E-state index contributed by atoms with van der Waals surface area (Å²) < 4.78 is 0. The normalized spacial score (nSPS) is 11.3. The van der Waals surface area contributed by atoms with Crippen molar-refractivity contribution in [3.63, 3.8) is 0 Å². The summed E-state index contributed by atoms with van der Waals surface area (Å²) in [6.07, 6.45) is 4.85. The van der Waals surface area contributed by atoms with E-state index in [0.29, 0.717) is 6.54 Å². The average molecular weight is 304 g/mol. The molecule has 0 bridgehead atoms. The number of aromatic nitrogens is 3. The van der Waals surface area contributed by atoms with Crippen molar-refractivity contribution in [2.45, 2.75) is 32.2 Å². The predicted molar refractivity (Wildman–Crippen MR) is 90.8 cm³/mol. The lowest BCUT2D eigenvalue weighted by atomic mass is 10.2. The molecule has 0 saturated heterocycles. The fourth-order valence-electron chi connectivity index (χ4n) is 2.39. The zero-order chi connectivity index (χ0) is 15.5. The predicted octanol–water partition coefficient (Wildman–Crippen LogP) is 1.13. The van der Waals surface area contributed by atoms with E-state index in [4.69, 9.17) is 5.73 Å². The monoisotopic (exact) mass is 304 g/mol. The Balaban J connectivity index is 1.46. The average Bonchev–Trinajstić information content (AvgIpc) is 2.95. The quantitative estimate of drug-likeness (QED) is 0.512. The maximum absolute atomic E-state index is 5.41. The van der Waals surface area contributed by atoms with Gasteiger partial charge in [-0.1, -0.05) is 25.0 Å². The molecule has 0 atom stereocenters. The van der Waals surface area contributed by atoms with E-state index in [9.17, 15) is 0 Å². The molecule has 1 aromatic heterocycles. The molecule has 0 aliphatic heterocycles. The van der Waals surface area contributed by atoms with Gasteiger partial charge in [-0.15, -0.1) is 0 Å². The molecule has 2 rings (SSSR count). The SMILES string of the molecule is NCCNCCNCCCCCCn1nc2ccccc2n1. The van der Waals surface area contributed by atoms with Gasteiger partial charge in [0.2, 0.25) is 0 Å². The lowest BCUT2D eigenvalue weighted by molar-refractivity contribution is 0.486. The largest absolute Gasteiger partial charge is 0.329 e. The first-order chi connectivity index (χ1) is 10.9. The summed E-state index contributed by atoms with van der Waals surface area (Å²) >= 11 is 0. The number of unbranched alkanes of at least 4 members (excludes halogenated alkanes) is 3. The minimum absolute atomic E-state index is 0.709. The maximum atomic E-state index is 5.41. The third kappa shape index (κ3) is 6.09. The molecular weight excluding hydrogens is 276 g/mol. The zero-order valence-electron chi connectivity index (χ0n) is 13.3. The van der Waals surface area contributed by atoms with Gasteiger partial charge in [0.15, 0.2) is 0 Å². The molecule has 0 radical (unpaired) electrons. The van der Waals surface area contributed by atoms with E-state index < -0.39 is 0 Å². The van der Waals surface area contributed by atoms with E-state index in [-0.39, 0.29) is 0 Å². The molecule has 0 amide bonds. The first-order valence-corrected chi connectivity index (χ1v) is 8.31. The fraction of sp³-hybridized carbons (Fsp3) is 0.625. The second-order valence-electron chi connectivity index (χ2n) is 5.49. The molecule has 0 aliphatic rings. The van der Waals surface area contributed by atoms with Crippen molar-refractivity contribution in [3.05, 3.63) is 24.3 Å². The number of rotatable bonds is 12. The van der Waals surface area contributed by atoms with Gasteiger partial charge >= 0.3 is 0 Å². The highest BCUT2D eigenvalue weighted by atomic mass is 15.5. The highest BCUT2D eigenvalue weighted by Crippen LogP contribution is 2.08. The van der Waals surface area contributed by atoms with Crippen molar-refractivity contribution >= 4 is 11.0 Å². The number of nitrogens with zero attached hydrogens (tertiary/aromatic N) is 3. The number of nitrogens with two attached hydrogens (primary N) is 1. The molecule has 2 aromatic rings. The molecule has 122 valence electrons. The Kier molecular flexibility index (Phi) is 7.87. The smallest absolute Gasteiger partial charge is 0.113 e. The number of aryl methyl sites for hydroxylation is 1. The lowest BCUT2D eigenvalue weighted by Gasteiger charge is -2.05. The molecule has 4 N–H and O–H groups in total. The van der Waals surface area contributed by atoms with Crippen molar-refractivity contribution in [3.8, 4) is 0 Å². The summed E-state index contributed by atoms with van der Waals surface area (Å²) in [6, 6.07) is 8.01. The second kappa shape index (κ2) is 10.3. The molecule has 22 heavy (non-hydrogen) atoms. The summed E-state index contributed by atoms with van der Waals surface area (Å²) in [5, 5.41) is 15.7. The van der Waals surface area contributed by atoms with E-state index in [0.717, 1.165) is 50.2 Å². The molecule has 0 unspecified atom stereocenters. The topological polar surface area (TPSA) is 80.8 Å². The Hall–Kier alpha value is -1.50. The van der Waals surface area contributed by atoms with Crippen LogP contribution >= 0.6 is 0 Å². The number of hydrogen-bond acceptors (Lipinski definition) is 5. The summed E-state index contributed by atoms with van der Waals surface area (Å²) in [5.74, 6) is 0. The Labute approximate surface area is 132 Å². The van der Waals surface area contributed by atoms with Crippen LogP contribution in [0.1, 0.15) is 25.7 Å². The Morgan fingerprint density at radius 3 is 2.14 bits per heavy atom. The van der Waals surface area contributed by atoms with Crippen LogP contribution in [0.4, 0.5) is 0 Å². The van der Waals surface area contributed by atoms with Crippen LogP contribution in [-0.4, -0.2) is 47.7 Å². The Bertz CT molecular complexity index is 491. The Morgan fingerprint density at radius 2 is 1.45 bits per heavy atom. The molecule has 6 nitrogen and oxygen atoms in total. The van der Waals surface area contributed by atoms with E-state index in [1.807, 2.05) is 29.1 Å². The van der Waals surface area contributed by atoms with Gasteiger partial charge in [0.05, 0.1) is 6.54 Å². The van der Waals surface area contributed by atoms with E-state index >= 15 is 0 Å². The van der Waals surface area contributed by atoms with Crippen LogP contribution in [0, 0.1) is 0 Å². The van der Waals surface area contributed by atoms with Crippen molar-refractivity contribution in [2.75, 3.05) is 32.7 Å². The van der Waals surface area contributed by atoms with Gasteiger partial charge in [0, 0.05) is 26.2 Å². The van der Waals surface area contributed by atoms with Crippen LogP contribution in [0.5, 0.6) is 0 Å². The van der Waals surface area contributed by atoms with Crippen LogP contribution in [0.15, 0.2) is 24.3 Å². The van der Waals surface area contributed by atoms with Crippen molar-refractivity contribution in [1.82, 2.24) is 25.6 Å². The van der Waals surface area contributed by atoms with Crippen LogP contribution in [0.2, 0.25) is 0 Å². The molecule has 1 aromatic carbocycles. The number of nitrogens with one attached hydrogen (secondary N) is 2. The molecule has 0 spiro atoms. The van der Waals surface area contributed by atoms with E-state index in [1.54, 1.807) is 0 Å². The van der Waals surface area contributed by atoms with Crippen LogP contribution in [0.3, 0.4) is 0 Å². The van der Waals surface area contributed by atoms with Gasteiger partial charge in [-0.3, -0.25) is 0 Å². The fourth-order valence-corrected chi connectivity index (χ4v) is 2.39. The van der Waals surface area contributed by atoms with Gasteiger partial charge in [-0.2, -0.15) is 15.0 Å².